The average Bonchev–Trinajstić information content (AvgIpc) is 1.21. The molecular weight excluding hydrogens is 119 g/mol. The normalized spacial score (nSPS) is 11.4. The molecule has 0 aromatic rings. The second kappa shape index (κ2) is 2.50. The monoisotopic (exact) mass is 132 g/mol. The largest absolute Gasteiger partial charge is 0.324 e. The first kappa shape index (κ1) is 7.97. The predicted molar refractivity (Wildman–Crippen MR) is 39.1 cm³/mol. The zero-order valence-electron chi connectivity index (χ0n) is 5.77. The van der Waals surface area contributed by atoms with E-state index in [4.69, 9.17) is 0 Å². The molecule has 0 aliphatic rings. The van der Waals surface area contributed by atoms with Crippen molar-refractivity contribution in [2.75, 3.05) is 19.5 Å². The highest BCUT2D eigenvalue weighted by molar-refractivity contribution is 7.62. The number of hydrogen-bond acceptors (Lipinski definition) is 1. The molecule has 0 bridgehead atoms. The SMILES string of the molecule is C=C(C)CP(C)(C)=O. The Bertz CT molecular complexity index is 131. The Kier molecular flexibility index (Phi) is 2.49. The molecular formula is C6H13OP. The van der Waals surface area contributed by atoms with Gasteiger partial charge in [0.2, 0.25) is 0 Å². The van der Waals surface area contributed by atoms with Crippen LogP contribution in [0.25, 0.3) is 0 Å². The van der Waals surface area contributed by atoms with E-state index in [1.165, 1.54) is 0 Å². The lowest BCUT2D eigenvalue weighted by Gasteiger charge is -2.03. The Balaban J connectivity index is 3.74. The van der Waals surface area contributed by atoms with Gasteiger partial charge in [-0.3, -0.25) is 0 Å². The summed E-state index contributed by atoms with van der Waals surface area (Å²) >= 11 is 0. The predicted octanol–water partition coefficient (Wildman–Crippen LogP) is 2.19. The molecule has 0 heterocycles. The van der Waals surface area contributed by atoms with Crippen molar-refractivity contribution >= 4 is 7.14 Å². The van der Waals surface area contributed by atoms with Gasteiger partial charge in [-0.1, -0.05) is 12.2 Å². The van der Waals surface area contributed by atoms with Crippen molar-refractivity contribution in [1.82, 2.24) is 0 Å². The number of allylic oxidation sites excluding steroid dienone is 1. The van der Waals surface area contributed by atoms with E-state index >= 15 is 0 Å². The lowest BCUT2D eigenvalue weighted by atomic mass is 10.4. The van der Waals surface area contributed by atoms with E-state index in [2.05, 4.69) is 6.58 Å². The van der Waals surface area contributed by atoms with Crippen LogP contribution >= 0.6 is 7.14 Å². The van der Waals surface area contributed by atoms with Crippen LogP contribution in [0.2, 0.25) is 0 Å². The van der Waals surface area contributed by atoms with E-state index < -0.39 is 7.14 Å². The van der Waals surface area contributed by atoms with Crippen molar-refractivity contribution in [1.29, 1.82) is 0 Å². The van der Waals surface area contributed by atoms with Crippen LogP contribution in [0.4, 0.5) is 0 Å². The minimum Gasteiger partial charge on any atom is -0.324 e. The summed E-state index contributed by atoms with van der Waals surface area (Å²) in [5.41, 5.74) is 1.01. The maximum atomic E-state index is 11.0. The summed E-state index contributed by atoms with van der Waals surface area (Å²) in [6.45, 7) is 9.13. The zero-order chi connectivity index (χ0) is 6.78. The van der Waals surface area contributed by atoms with E-state index in [0.717, 1.165) is 5.57 Å². The van der Waals surface area contributed by atoms with Gasteiger partial charge in [-0.25, -0.2) is 0 Å². The van der Waals surface area contributed by atoms with E-state index in [-0.39, 0.29) is 0 Å². The van der Waals surface area contributed by atoms with E-state index in [9.17, 15) is 4.57 Å². The second-order valence-corrected chi connectivity index (χ2v) is 6.15. The van der Waals surface area contributed by atoms with Crippen LogP contribution in [-0.4, -0.2) is 19.5 Å². The minimum atomic E-state index is -1.82. The van der Waals surface area contributed by atoms with Gasteiger partial charge in [0.15, 0.2) is 0 Å². The highest BCUT2D eigenvalue weighted by atomic mass is 31.2. The smallest absolute Gasteiger partial charge is 0.0857 e. The Hall–Kier alpha value is -0.0300. The Morgan fingerprint density at radius 3 is 2.00 bits per heavy atom. The van der Waals surface area contributed by atoms with Crippen LogP contribution in [0.15, 0.2) is 12.2 Å². The lowest BCUT2D eigenvalue weighted by Crippen LogP contribution is -1.84. The number of rotatable bonds is 2. The van der Waals surface area contributed by atoms with Crippen molar-refractivity contribution < 1.29 is 4.57 Å². The van der Waals surface area contributed by atoms with Crippen LogP contribution in [0, 0.1) is 0 Å². The van der Waals surface area contributed by atoms with Crippen molar-refractivity contribution in [3.8, 4) is 0 Å². The molecule has 1 nitrogen and oxygen atoms in total. The maximum absolute atomic E-state index is 11.0. The van der Waals surface area contributed by atoms with Gasteiger partial charge in [-0.15, -0.1) is 0 Å². The lowest BCUT2D eigenvalue weighted by molar-refractivity contribution is 0.584. The summed E-state index contributed by atoms with van der Waals surface area (Å²) in [4.78, 5) is 0. The molecule has 0 aromatic carbocycles. The fourth-order valence-electron chi connectivity index (χ4n) is 0.650. The van der Waals surface area contributed by atoms with Crippen molar-refractivity contribution in [2.45, 2.75) is 6.92 Å². The van der Waals surface area contributed by atoms with Gasteiger partial charge in [-0.05, 0) is 20.3 Å². The average molecular weight is 132 g/mol. The number of hydrogen-bond donors (Lipinski definition) is 0. The van der Waals surface area contributed by atoms with Crippen LogP contribution in [0.1, 0.15) is 6.92 Å². The third-order valence-corrected chi connectivity index (χ3v) is 1.95. The summed E-state index contributed by atoms with van der Waals surface area (Å²) in [5, 5.41) is 0. The van der Waals surface area contributed by atoms with E-state index in [1.54, 1.807) is 13.3 Å². The van der Waals surface area contributed by atoms with Gasteiger partial charge in [-0.2, -0.15) is 0 Å². The van der Waals surface area contributed by atoms with Crippen LogP contribution < -0.4 is 0 Å². The first-order valence-electron chi connectivity index (χ1n) is 2.60. The standard InChI is InChI=1S/C6H13OP/c1-6(2)5-8(3,4)7/h1,5H2,2-4H3. The topological polar surface area (TPSA) is 17.1 Å². The van der Waals surface area contributed by atoms with Gasteiger partial charge < -0.3 is 4.57 Å². The Labute approximate surface area is 51.2 Å². The molecule has 48 valence electrons. The van der Waals surface area contributed by atoms with Gasteiger partial charge in [0.25, 0.3) is 0 Å². The quantitative estimate of drug-likeness (QED) is 0.415. The molecule has 0 aliphatic heterocycles. The van der Waals surface area contributed by atoms with Crippen molar-refractivity contribution in [3.63, 3.8) is 0 Å². The molecule has 0 saturated heterocycles. The molecule has 8 heavy (non-hydrogen) atoms. The fourth-order valence-corrected chi connectivity index (χ4v) is 1.95. The molecule has 0 N–H and O–H groups in total. The molecule has 0 radical (unpaired) electrons. The molecule has 0 aliphatic carbocycles. The molecule has 0 aromatic heterocycles. The first-order valence-corrected chi connectivity index (χ1v) is 5.39. The zero-order valence-corrected chi connectivity index (χ0v) is 6.66. The summed E-state index contributed by atoms with van der Waals surface area (Å²) in [6.07, 6.45) is 0.688. The van der Waals surface area contributed by atoms with Gasteiger partial charge in [0.1, 0.15) is 0 Å². The minimum absolute atomic E-state index is 0.688. The van der Waals surface area contributed by atoms with E-state index in [1.807, 2.05) is 6.92 Å². The highest BCUT2D eigenvalue weighted by Crippen LogP contribution is 2.37. The Morgan fingerprint density at radius 1 is 1.62 bits per heavy atom. The van der Waals surface area contributed by atoms with Crippen LogP contribution in [-0.2, 0) is 4.57 Å². The fraction of sp³-hybridized carbons (Fsp3) is 0.667. The first-order chi connectivity index (χ1) is 3.42. The van der Waals surface area contributed by atoms with Crippen molar-refractivity contribution in [2.24, 2.45) is 0 Å². The molecule has 0 rings (SSSR count). The summed E-state index contributed by atoms with van der Waals surface area (Å²) in [6, 6.07) is 0. The molecule has 2 heteroatoms. The molecule has 0 fully saturated rings. The molecule has 0 spiro atoms. The highest BCUT2D eigenvalue weighted by Gasteiger charge is 2.04. The molecule has 0 amide bonds. The second-order valence-electron chi connectivity index (χ2n) is 2.69. The van der Waals surface area contributed by atoms with Crippen molar-refractivity contribution in [3.05, 3.63) is 12.2 Å². The van der Waals surface area contributed by atoms with E-state index in [0.29, 0.717) is 6.16 Å². The van der Waals surface area contributed by atoms with Crippen LogP contribution in [0.5, 0.6) is 0 Å². The molecule has 0 atom stereocenters. The molecule has 0 saturated carbocycles. The van der Waals surface area contributed by atoms with Gasteiger partial charge in [0, 0.05) is 6.16 Å². The van der Waals surface area contributed by atoms with Gasteiger partial charge in [0.05, 0.1) is 7.14 Å². The summed E-state index contributed by atoms with van der Waals surface area (Å²) < 4.78 is 11.0. The van der Waals surface area contributed by atoms with Gasteiger partial charge >= 0.3 is 0 Å². The summed E-state index contributed by atoms with van der Waals surface area (Å²) in [5.74, 6) is 0. The summed E-state index contributed by atoms with van der Waals surface area (Å²) in [7, 11) is -1.82. The van der Waals surface area contributed by atoms with Crippen LogP contribution in [0.3, 0.4) is 0 Å². The third-order valence-electron chi connectivity index (χ3n) is 0.651. The third kappa shape index (κ3) is 5.97. The molecule has 0 unspecified atom stereocenters. The maximum Gasteiger partial charge on any atom is 0.0857 e. The Morgan fingerprint density at radius 2 is 2.00 bits per heavy atom.